The smallest absolute Gasteiger partial charge is 0.228 e. The average Bonchev–Trinajstić information content (AvgIpc) is 2.92. The second-order valence-electron chi connectivity index (χ2n) is 5.71. The molecule has 1 amide bonds. The van der Waals surface area contributed by atoms with Gasteiger partial charge in [-0.3, -0.25) is 4.79 Å². The number of carbonyl (C=O) groups excluding carboxylic acids is 1. The third-order valence-electron chi connectivity index (χ3n) is 4.55. The molecule has 2 fully saturated rings. The molecule has 102 valence electrons. The first kappa shape index (κ1) is 12.7. The van der Waals surface area contributed by atoms with Gasteiger partial charge in [-0.1, -0.05) is 31.5 Å². The molecule has 0 aromatic heterocycles. The predicted molar refractivity (Wildman–Crippen MR) is 76.8 cm³/mol. The molecule has 3 rings (SSSR count). The summed E-state index contributed by atoms with van der Waals surface area (Å²) >= 11 is 0. The Kier molecular flexibility index (Phi) is 3.56. The summed E-state index contributed by atoms with van der Waals surface area (Å²) in [4.78, 5) is 12.3. The van der Waals surface area contributed by atoms with Crippen LogP contribution < -0.4 is 10.6 Å². The van der Waals surface area contributed by atoms with Gasteiger partial charge >= 0.3 is 0 Å². The molecule has 0 radical (unpaired) electrons. The molecule has 2 aliphatic rings. The first-order valence-electron chi connectivity index (χ1n) is 7.40. The zero-order valence-electron chi connectivity index (χ0n) is 11.5. The molecule has 0 heterocycles. The van der Waals surface area contributed by atoms with Crippen LogP contribution in [0.5, 0.6) is 0 Å². The monoisotopic (exact) mass is 258 g/mol. The molecule has 3 nitrogen and oxygen atoms in total. The van der Waals surface area contributed by atoms with Crippen LogP contribution in [-0.4, -0.2) is 12.5 Å². The van der Waals surface area contributed by atoms with Crippen LogP contribution in [-0.2, 0) is 11.3 Å². The molecule has 1 aromatic carbocycles. The quantitative estimate of drug-likeness (QED) is 0.852. The van der Waals surface area contributed by atoms with Crippen LogP contribution in [0.25, 0.3) is 0 Å². The largest absolute Gasteiger partial charge is 0.326 e. The highest BCUT2D eigenvalue weighted by atomic mass is 16.2. The van der Waals surface area contributed by atoms with Gasteiger partial charge in [0.2, 0.25) is 5.91 Å². The number of para-hydroxylation sites is 1. The number of hydrogen-bond donors (Lipinski definition) is 2. The van der Waals surface area contributed by atoms with Gasteiger partial charge < -0.3 is 10.6 Å². The van der Waals surface area contributed by atoms with Crippen LogP contribution in [0.1, 0.15) is 31.7 Å². The molecule has 2 atom stereocenters. The van der Waals surface area contributed by atoms with Crippen molar-refractivity contribution in [2.75, 3.05) is 11.9 Å². The lowest BCUT2D eigenvalue weighted by atomic mass is 10.1. The molecule has 2 saturated carbocycles. The molecule has 0 bridgehead atoms. The van der Waals surface area contributed by atoms with Crippen molar-refractivity contribution in [3.63, 3.8) is 0 Å². The minimum Gasteiger partial charge on any atom is -0.326 e. The van der Waals surface area contributed by atoms with Crippen molar-refractivity contribution in [3.05, 3.63) is 29.8 Å². The van der Waals surface area contributed by atoms with Crippen LogP contribution in [0.3, 0.4) is 0 Å². The molecule has 0 aliphatic heterocycles. The van der Waals surface area contributed by atoms with Gasteiger partial charge in [0.25, 0.3) is 0 Å². The van der Waals surface area contributed by atoms with E-state index in [9.17, 15) is 4.79 Å². The van der Waals surface area contributed by atoms with E-state index < -0.39 is 0 Å². The highest BCUT2D eigenvalue weighted by Gasteiger charge is 2.56. The first-order valence-corrected chi connectivity index (χ1v) is 7.40. The fourth-order valence-electron chi connectivity index (χ4n) is 3.48. The summed E-state index contributed by atoms with van der Waals surface area (Å²) in [5.41, 5.74) is 2.14. The van der Waals surface area contributed by atoms with Crippen molar-refractivity contribution in [2.24, 2.45) is 17.8 Å². The van der Waals surface area contributed by atoms with E-state index in [2.05, 4.69) is 23.6 Å². The lowest BCUT2D eigenvalue weighted by Gasteiger charge is -2.12. The molecular formula is C16H22N2O. The van der Waals surface area contributed by atoms with E-state index in [0.29, 0.717) is 17.8 Å². The zero-order chi connectivity index (χ0) is 13.2. The normalized spacial score (nSPS) is 27.9. The van der Waals surface area contributed by atoms with Crippen LogP contribution in [0.2, 0.25) is 0 Å². The van der Waals surface area contributed by atoms with Gasteiger partial charge in [0.1, 0.15) is 0 Å². The van der Waals surface area contributed by atoms with E-state index in [1.807, 2.05) is 18.2 Å². The minimum atomic E-state index is 0.235. The van der Waals surface area contributed by atoms with Crippen molar-refractivity contribution in [3.8, 4) is 0 Å². The van der Waals surface area contributed by atoms with Crippen molar-refractivity contribution in [2.45, 2.75) is 32.7 Å². The Morgan fingerprint density at radius 3 is 2.74 bits per heavy atom. The Bertz CT molecular complexity index is 462. The summed E-state index contributed by atoms with van der Waals surface area (Å²) in [6.07, 6.45) is 3.82. The van der Waals surface area contributed by atoms with Gasteiger partial charge in [-0.2, -0.15) is 0 Å². The number of amides is 1. The summed E-state index contributed by atoms with van der Waals surface area (Å²) in [6.45, 7) is 3.84. The number of nitrogens with one attached hydrogen (secondary N) is 2. The maximum atomic E-state index is 12.3. The highest BCUT2D eigenvalue weighted by molar-refractivity contribution is 5.95. The van der Waals surface area contributed by atoms with E-state index in [0.717, 1.165) is 18.8 Å². The first-order chi connectivity index (χ1) is 9.31. The number of rotatable bonds is 5. The van der Waals surface area contributed by atoms with E-state index in [1.165, 1.54) is 24.8 Å². The summed E-state index contributed by atoms with van der Waals surface area (Å²) < 4.78 is 0. The minimum absolute atomic E-state index is 0.235. The van der Waals surface area contributed by atoms with Gasteiger partial charge in [0.05, 0.1) is 0 Å². The Labute approximate surface area is 114 Å². The molecule has 2 unspecified atom stereocenters. The lowest BCUT2D eigenvalue weighted by Crippen LogP contribution is -2.19. The number of fused-ring (bicyclic) bond motifs is 1. The second-order valence-corrected chi connectivity index (χ2v) is 5.71. The highest BCUT2D eigenvalue weighted by Crippen LogP contribution is 2.57. The number of carbonyl (C=O) groups is 1. The lowest BCUT2D eigenvalue weighted by molar-refractivity contribution is -0.118. The summed E-state index contributed by atoms with van der Waals surface area (Å²) in [6, 6.07) is 8.09. The molecule has 19 heavy (non-hydrogen) atoms. The van der Waals surface area contributed by atoms with Crippen LogP contribution >= 0.6 is 0 Å². The van der Waals surface area contributed by atoms with Crippen molar-refractivity contribution >= 4 is 11.6 Å². The molecule has 0 spiro atoms. The summed E-state index contributed by atoms with van der Waals surface area (Å²) in [5.74, 6) is 1.89. The average molecular weight is 258 g/mol. The number of hydrogen-bond acceptors (Lipinski definition) is 2. The Balaban J connectivity index is 1.64. The van der Waals surface area contributed by atoms with Gasteiger partial charge in [0.15, 0.2) is 0 Å². The van der Waals surface area contributed by atoms with Crippen LogP contribution in [0, 0.1) is 17.8 Å². The third kappa shape index (κ3) is 2.52. The van der Waals surface area contributed by atoms with Crippen LogP contribution in [0.4, 0.5) is 5.69 Å². The second kappa shape index (κ2) is 5.33. The van der Waals surface area contributed by atoms with Gasteiger partial charge in [0, 0.05) is 18.2 Å². The fourth-order valence-corrected chi connectivity index (χ4v) is 3.48. The Hall–Kier alpha value is -1.35. The van der Waals surface area contributed by atoms with Gasteiger partial charge in [-0.25, -0.2) is 0 Å². The van der Waals surface area contributed by atoms with E-state index in [4.69, 9.17) is 0 Å². The zero-order valence-corrected chi connectivity index (χ0v) is 11.5. The number of benzene rings is 1. The summed E-state index contributed by atoms with van der Waals surface area (Å²) in [7, 11) is 0. The van der Waals surface area contributed by atoms with E-state index >= 15 is 0 Å². The summed E-state index contributed by atoms with van der Waals surface area (Å²) in [5, 5.41) is 6.44. The van der Waals surface area contributed by atoms with Crippen molar-refractivity contribution in [1.29, 1.82) is 0 Å². The standard InChI is InChI=1S/C16H22N2O/c1-2-17-10-11-6-3-4-9-14(11)18-16(19)15-12-7-5-8-13(12)15/h3-4,6,9,12-13,15,17H,2,5,7-8,10H2,1H3,(H,18,19). The molecule has 2 aliphatic carbocycles. The molecule has 1 aromatic rings. The van der Waals surface area contributed by atoms with Crippen molar-refractivity contribution in [1.82, 2.24) is 5.32 Å². The van der Waals surface area contributed by atoms with E-state index in [1.54, 1.807) is 0 Å². The maximum absolute atomic E-state index is 12.3. The molecule has 0 saturated heterocycles. The van der Waals surface area contributed by atoms with Gasteiger partial charge in [-0.05, 0) is 42.9 Å². The molecule has 2 N–H and O–H groups in total. The van der Waals surface area contributed by atoms with E-state index in [-0.39, 0.29) is 5.91 Å². The number of anilines is 1. The van der Waals surface area contributed by atoms with Gasteiger partial charge in [-0.15, -0.1) is 0 Å². The fraction of sp³-hybridized carbons (Fsp3) is 0.562. The topological polar surface area (TPSA) is 41.1 Å². The molecule has 3 heteroatoms. The Morgan fingerprint density at radius 2 is 2.00 bits per heavy atom. The maximum Gasteiger partial charge on any atom is 0.228 e. The SMILES string of the molecule is CCNCc1ccccc1NC(=O)C1C2CCCC21. The van der Waals surface area contributed by atoms with Crippen LogP contribution in [0.15, 0.2) is 24.3 Å². The predicted octanol–water partition coefficient (Wildman–Crippen LogP) is 2.78. The third-order valence-corrected chi connectivity index (χ3v) is 4.55. The molecular weight excluding hydrogens is 236 g/mol. The Morgan fingerprint density at radius 1 is 1.26 bits per heavy atom. The van der Waals surface area contributed by atoms with Crippen molar-refractivity contribution < 1.29 is 4.79 Å².